The molecule has 0 atom stereocenters. The Morgan fingerprint density at radius 1 is 1.14 bits per heavy atom. The number of hydrogen-bond donors (Lipinski definition) is 2. The van der Waals surface area contributed by atoms with Crippen molar-refractivity contribution in [3.8, 4) is 11.4 Å². The van der Waals surface area contributed by atoms with Gasteiger partial charge in [-0.3, -0.25) is 4.79 Å². The topological polar surface area (TPSA) is 73.9 Å². The second-order valence-corrected chi connectivity index (χ2v) is 8.22. The van der Waals surface area contributed by atoms with Crippen molar-refractivity contribution in [2.75, 3.05) is 34.8 Å². The summed E-state index contributed by atoms with van der Waals surface area (Å²) in [5, 5.41) is 3.35. The van der Waals surface area contributed by atoms with Gasteiger partial charge in [-0.25, -0.2) is 9.97 Å². The van der Waals surface area contributed by atoms with Crippen LogP contribution in [0.2, 0.25) is 0 Å². The first-order valence-corrected chi connectivity index (χ1v) is 11.1. The molecule has 0 amide bonds. The summed E-state index contributed by atoms with van der Waals surface area (Å²) in [6.45, 7) is 4.94. The van der Waals surface area contributed by atoms with Crippen LogP contribution in [0.25, 0.3) is 11.4 Å². The molecule has 1 fully saturated rings. The van der Waals surface area contributed by atoms with E-state index in [0.717, 1.165) is 36.6 Å². The van der Waals surface area contributed by atoms with Gasteiger partial charge in [0.1, 0.15) is 11.6 Å². The summed E-state index contributed by atoms with van der Waals surface area (Å²) in [5.74, 6) is 3.76. The molecule has 0 radical (unpaired) electrons. The van der Waals surface area contributed by atoms with Crippen molar-refractivity contribution < 1.29 is 0 Å². The van der Waals surface area contributed by atoms with Gasteiger partial charge in [-0.05, 0) is 36.2 Å². The number of rotatable bonds is 6. The highest BCUT2D eigenvalue weighted by atomic mass is 32.2. The molecular formula is C22H25N5OS. The number of benzene rings is 1. The maximum absolute atomic E-state index is 11.8. The molecule has 1 saturated heterocycles. The van der Waals surface area contributed by atoms with Gasteiger partial charge < -0.3 is 15.2 Å². The Bertz CT molecular complexity index is 995. The molecule has 2 aromatic heterocycles. The minimum absolute atomic E-state index is 0.138. The number of nitrogens with one attached hydrogen (secondary N) is 2. The fraction of sp³-hybridized carbons (Fsp3) is 0.318. The van der Waals surface area contributed by atoms with E-state index in [-0.39, 0.29) is 5.56 Å². The molecule has 1 aliphatic heterocycles. The van der Waals surface area contributed by atoms with Crippen LogP contribution in [0.3, 0.4) is 0 Å². The van der Waals surface area contributed by atoms with Crippen LogP contribution in [0.4, 0.5) is 11.5 Å². The lowest BCUT2D eigenvalue weighted by Crippen LogP contribution is -2.32. The zero-order chi connectivity index (χ0) is 20.1. The molecule has 3 heterocycles. The van der Waals surface area contributed by atoms with Crippen LogP contribution in [-0.4, -0.2) is 39.5 Å². The van der Waals surface area contributed by atoms with E-state index in [1.807, 2.05) is 30.8 Å². The number of thioether (sulfide) groups is 1. The lowest BCUT2D eigenvalue weighted by Gasteiger charge is -2.28. The summed E-state index contributed by atoms with van der Waals surface area (Å²) in [5.41, 5.74) is 3.95. The van der Waals surface area contributed by atoms with Crippen LogP contribution >= 0.6 is 11.8 Å². The zero-order valence-electron chi connectivity index (χ0n) is 16.5. The standard InChI is InChI=1S/C22H25N5OS/c1-2-18-13-21(28)26-22(25-18)17-5-8-20(24-15-17)23-14-16-3-6-19(7-4-16)27-9-11-29-12-10-27/h3-8,13,15H,2,9-12,14H2,1H3,(H,23,24)(H,25,26,28). The van der Waals surface area contributed by atoms with Crippen LogP contribution in [0.1, 0.15) is 18.2 Å². The average Bonchev–Trinajstić information content (AvgIpc) is 2.78. The quantitative estimate of drug-likeness (QED) is 0.651. The van der Waals surface area contributed by atoms with Gasteiger partial charge in [-0.15, -0.1) is 0 Å². The van der Waals surface area contributed by atoms with Crippen molar-refractivity contribution in [1.82, 2.24) is 15.0 Å². The summed E-state index contributed by atoms with van der Waals surface area (Å²) in [4.78, 5) is 25.9. The number of pyridine rings is 1. The van der Waals surface area contributed by atoms with Crippen molar-refractivity contribution in [3.63, 3.8) is 0 Å². The average molecular weight is 408 g/mol. The van der Waals surface area contributed by atoms with Gasteiger partial charge in [0, 0.05) is 60.3 Å². The first kappa shape index (κ1) is 19.5. The summed E-state index contributed by atoms with van der Waals surface area (Å²) >= 11 is 2.02. The van der Waals surface area contributed by atoms with E-state index in [1.54, 1.807) is 6.20 Å². The monoisotopic (exact) mass is 407 g/mol. The fourth-order valence-electron chi connectivity index (χ4n) is 3.30. The number of hydrogen-bond acceptors (Lipinski definition) is 6. The number of aryl methyl sites for hydroxylation is 1. The first-order valence-electron chi connectivity index (χ1n) is 9.93. The molecule has 0 unspecified atom stereocenters. The fourth-order valence-corrected chi connectivity index (χ4v) is 4.21. The number of aromatic nitrogens is 3. The molecule has 29 heavy (non-hydrogen) atoms. The second-order valence-electron chi connectivity index (χ2n) is 6.99. The summed E-state index contributed by atoms with van der Waals surface area (Å²) in [6, 6.07) is 14.1. The van der Waals surface area contributed by atoms with E-state index < -0.39 is 0 Å². The van der Waals surface area contributed by atoms with Crippen LogP contribution in [0, 0.1) is 0 Å². The van der Waals surface area contributed by atoms with Crippen molar-refractivity contribution in [2.24, 2.45) is 0 Å². The zero-order valence-corrected chi connectivity index (χ0v) is 17.3. The van der Waals surface area contributed by atoms with E-state index in [4.69, 9.17) is 0 Å². The Kier molecular flexibility index (Phi) is 6.14. The molecule has 6 nitrogen and oxygen atoms in total. The van der Waals surface area contributed by atoms with E-state index in [1.165, 1.54) is 28.8 Å². The largest absolute Gasteiger partial charge is 0.370 e. The molecule has 1 aliphatic rings. The Morgan fingerprint density at radius 3 is 2.62 bits per heavy atom. The van der Waals surface area contributed by atoms with Crippen LogP contribution in [-0.2, 0) is 13.0 Å². The minimum Gasteiger partial charge on any atom is -0.370 e. The molecule has 2 N–H and O–H groups in total. The highest BCUT2D eigenvalue weighted by molar-refractivity contribution is 7.99. The van der Waals surface area contributed by atoms with Crippen LogP contribution in [0.15, 0.2) is 53.5 Å². The Morgan fingerprint density at radius 2 is 1.93 bits per heavy atom. The Hall–Kier alpha value is -2.80. The second kappa shape index (κ2) is 9.13. The van der Waals surface area contributed by atoms with Gasteiger partial charge in [0.05, 0.1) is 0 Å². The van der Waals surface area contributed by atoms with Gasteiger partial charge in [-0.1, -0.05) is 19.1 Å². The maximum atomic E-state index is 11.8. The SMILES string of the molecule is CCc1cc(=O)[nH]c(-c2ccc(NCc3ccc(N4CCSCC4)cc3)nc2)n1. The number of aromatic amines is 1. The molecule has 4 rings (SSSR count). The normalized spacial score (nSPS) is 14.0. The van der Waals surface area contributed by atoms with Gasteiger partial charge in [-0.2, -0.15) is 11.8 Å². The number of nitrogens with zero attached hydrogens (tertiary/aromatic N) is 3. The van der Waals surface area contributed by atoms with Crippen LogP contribution in [0.5, 0.6) is 0 Å². The maximum Gasteiger partial charge on any atom is 0.251 e. The summed E-state index contributed by atoms with van der Waals surface area (Å²) < 4.78 is 0. The third kappa shape index (κ3) is 4.98. The molecule has 0 aliphatic carbocycles. The third-order valence-electron chi connectivity index (χ3n) is 4.98. The smallest absolute Gasteiger partial charge is 0.251 e. The highest BCUT2D eigenvalue weighted by Gasteiger charge is 2.10. The van der Waals surface area contributed by atoms with Crippen LogP contribution < -0.4 is 15.8 Å². The summed E-state index contributed by atoms with van der Waals surface area (Å²) in [7, 11) is 0. The summed E-state index contributed by atoms with van der Waals surface area (Å²) in [6.07, 6.45) is 2.46. The van der Waals surface area contributed by atoms with Gasteiger partial charge in [0.25, 0.3) is 5.56 Å². The molecule has 0 saturated carbocycles. The molecule has 0 bridgehead atoms. The predicted octanol–water partition coefficient (Wildman–Crippen LogP) is 3.56. The van der Waals surface area contributed by atoms with Crippen molar-refractivity contribution in [1.29, 1.82) is 0 Å². The lowest BCUT2D eigenvalue weighted by molar-refractivity contribution is 0.858. The van der Waals surface area contributed by atoms with E-state index >= 15 is 0 Å². The molecule has 3 aromatic rings. The minimum atomic E-state index is -0.138. The Balaban J connectivity index is 1.38. The molecule has 150 valence electrons. The number of H-pyrrole nitrogens is 1. The van der Waals surface area contributed by atoms with Gasteiger partial charge in [0.15, 0.2) is 0 Å². The Labute approximate surface area is 174 Å². The molecule has 7 heteroatoms. The number of anilines is 2. The van der Waals surface area contributed by atoms with Crippen molar-refractivity contribution in [2.45, 2.75) is 19.9 Å². The third-order valence-corrected chi connectivity index (χ3v) is 5.92. The lowest BCUT2D eigenvalue weighted by atomic mass is 10.2. The first-order chi connectivity index (χ1) is 14.2. The molecule has 0 spiro atoms. The van der Waals surface area contributed by atoms with E-state index in [0.29, 0.717) is 12.4 Å². The van der Waals surface area contributed by atoms with Gasteiger partial charge in [0.2, 0.25) is 0 Å². The molecular weight excluding hydrogens is 382 g/mol. The molecule has 1 aromatic carbocycles. The van der Waals surface area contributed by atoms with Gasteiger partial charge >= 0.3 is 0 Å². The predicted molar refractivity (Wildman–Crippen MR) is 121 cm³/mol. The van der Waals surface area contributed by atoms with Crippen molar-refractivity contribution >= 4 is 23.3 Å². The van der Waals surface area contributed by atoms with E-state index in [2.05, 4.69) is 49.4 Å². The van der Waals surface area contributed by atoms with Crippen molar-refractivity contribution in [3.05, 3.63) is 70.3 Å². The highest BCUT2D eigenvalue weighted by Crippen LogP contribution is 2.20. The van der Waals surface area contributed by atoms with E-state index in [9.17, 15) is 4.79 Å².